The molecule has 1 amide bonds. The zero-order valence-electron chi connectivity index (χ0n) is 17.1. The van der Waals surface area contributed by atoms with E-state index >= 15 is 0 Å². The molecule has 3 aromatic heterocycles. The van der Waals surface area contributed by atoms with Crippen molar-refractivity contribution >= 4 is 23.5 Å². The van der Waals surface area contributed by atoms with E-state index in [1.165, 1.54) is 11.8 Å². The van der Waals surface area contributed by atoms with Crippen LogP contribution in [0.4, 0.5) is 5.82 Å². The molecule has 9 heteroatoms. The number of hydrogen-bond acceptors (Lipinski definition) is 6. The van der Waals surface area contributed by atoms with E-state index in [-0.39, 0.29) is 17.2 Å². The van der Waals surface area contributed by atoms with E-state index in [2.05, 4.69) is 41.0 Å². The maximum atomic E-state index is 12.8. The Balaban J connectivity index is 1.77. The highest BCUT2D eigenvalue weighted by Gasteiger charge is 2.23. The third-order valence-corrected chi connectivity index (χ3v) is 5.79. The molecule has 0 saturated heterocycles. The van der Waals surface area contributed by atoms with Crippen molar-refractivity contribution in [3.05, 3.63) is 43.0 Å². The number of carbonyl (C=O) groups excluding carboxylic acids is 1. The van der Waals surface area contributed by atoms with Crippen molar-refractivity contribution in [2.45, 2.75) is 57.1 Å². The van der Waals surface area contributed by atoms with E-state index in [0.717, 1.165) is 17.7 Å². The first-order valence-electron chi connectivity index (χ1n) is 9.55. The monoisotopic (exact) mass is 414 g/mol. The maximum absolute atomic E-state index is 12.8. The van der Waals surface area contributed by atoms with E-state index in [1.807, 2.05) is 29.2 Å². The molecule has 0 unspecified atom stereocenters. The lowest BCUT2D eigenvalue weighted by atomic mass is 10.2. The number of thioether (sulfide) groups is 1. The van der Waals surface area contributed by atoms with Gasteiger partial charge in [0.25, 0.3) is 0 Å². The van der Waals surface area contributed by atoms with Gasteiger partial charge in [-0.2, -0.15) is 5.10 Å². The van der Waals surface area contributed by atoms with E-state index in [4.69, 9.17) is 4.42 Å². The molecular weight excluding hydrogens is 388 g/mol. The Kier molecular flexibility index (Phi) is 6.58. The van der Waals surface area contributed by atoms with Gasteiger partial charge < -0.3 is 9.73 Å². The number of hydrogen-bond donors (Lipinski definition) is 1. The van der Waals surface area contributed by atoms with Crippen LogP contribution in [0.25, 0.3) is 11.4 Å². The van der Waals surface area contributed by atoms with Gasteiger partial charge in [0, 0.05) is 12.6 Å². The molecule has 0 bridgehead atoms. The number of aryl methyl sites for hydroxylation is 1. The van der Waals surface area contributed by atoms with Crippen molar-refractivity contribution in [3.63, 3.8) is 0 Å². The molecule has 0 aromatic carbocycles. The van der Waals surface area contributed by atoms with Gasteiger partial charge in [-0.3, -0.25) is 9.36 Å². The number of rotatable bonds is 9. The van der Waals surface area contributed by atoms with Gasteiger partial charge >= 0.3 is 0 Å². The molecule has 3 heterocycles. The molecule has 0 aliphatic rings. The predicted molar refractivity (Wildman–Crippen MR) is 114 cm³/mol. The Morgan fingerprint density at radius 3 is 2.83 bits per heavy atom. The number of nitrogens with zero attached hydrogens (tertiary/aromatic N) is 5. The molecule has 2 atom stereocenters. The molecule has 3 aromatic rings. The fourth-order valence-corrected chi connectivity index (χ4v) is 3.72. The fourth-order valence-electron chi connectivity index (χ4n) is 2.86. The van der Waals surface area contributed by atoms with Crippen molar-refractivity contribution in [1.82, 2.24) is 24.5 Å². The first-order chi connectivity index (χ1) is 14.0. The van der Waals surface area contributed by atoms with Gasteiger partial charge in [-0.15, -0.1) is 16.8 Å². The Labute approximate surface area is 174 Å². The first kappa shape index (κ1) is 20.9. The van der Waals surface area contributed by atoms with Crippen molar-refractivity contribution in [3.8, 4) is 11.4 Å². The molecule has 154 valence electrons. The van der Waals surface area contributed by atoms with Crippen molar-refractivity contribution < 1.29 is 9.21 Å². The summed E-state index contributed by atoms with van der Waals surface area (Å²) in [5.74, 6) is 2.04. The number of carbonyl (C=O) groups is 1. The average molecular weight is 415 g/mol. The second-order valence-electron chi connectivity index (χ2n) is 6.76. The highest BCUT2D eigenvalue weighted by atomic mass is 32.2. The van der Waals surface area contributed by atoms with Crippen LogP contribution in [0.15, 0.2) is 46.8 Å². The first-order valence-corrected chi connectivity index (χ1v) is 10.4. The van der Waals surface area contributed by atoms with E-state index < -0.39 is 0 Å². The Morgan fingerprint density at radius 1 is 1.38 bits per heavy atom. The van der Waals surface area contributed by atoms with Crippen LogP contribution < -0.4 is 5.32 Å². The number of furan rings is 1. The lowest BCUT2D eigenvalue weighted by molar-refractivity contribution is -0.115. The number of nitrogens with one attached hydrogen (secondary N) is 1. The second kappa shape index (κ2) is 9.13. The standard InChI is InChI=1S/C20H26N6O2S/c1-6-11-25-18(16-9-12-28-14(16)4)23-24-20(25)29-15(5)19(27)22-17-8-10-21-26(17)13(3)7-2/h6,8-10,12-13,15H,1,7,11H2,2-5H3,(H,22,27)/t13-,15-/m0/s1. The Hall–Kier alpha value is -2.81. The molecule has 0 radical (unpaired) electrons. The largest absolute Gasteiger partial charge is 0.469 e. The zero-order valence-corrected chi connectivity index (χ0v) is 17.9. The highest BCUT2D eigenvalue weighted by Crippen LogP contribution is 2.29. The van der Waals surface area contributed by atoms with Crippen molar-refractivity contribution in [2.75, 3.05) is 5.32 Å². The quantitative estimate of drug-likeness (QED) is 0.414. The van der Waals surface area contributed by atoms with Crippen LogP contribution in [-0.2, 0) is 11.3 Å². The van der Waals surface area contributed by atoms with Gasteiger partial charge in [0.15, 0.2) is 11.0 Å². The van der Waals surface area contributed by atoms with Gasteiger partial charge in [-0.05, 0) is 33.3 Å². The van der Waals surface area contributed by atoms with E-state index in [0.29, 0.717) is 23.3 Å². The summed E-state index contributed by atoms with van der Waals surface area (Å²) < 4.78 is 9.15. The van der Waals surface area contributed by atoms with Crippen LogP contribution >= 0.6 is 11.8 Å². The number of amides is 1. The molecule has 0 spiro atoms. The summed E-state index contributed by atoms with van der Waals surface area (Å²) in [6, 6.07) is 3.88. The summed E-state index contributed by atoms with van der Waals surface area (Å²) >= 11 is 1.35. The normalized spacial score (nSPS) is 13.2. The molecule has 3 rings (SSSR count). The summed E-state index contributed by atoms with van der Waals surface area (Å²) in [5.41, 5.74) is 0.876. The third kappa shape index (κ3) is 4.45. The third-order valence-electron chi connectivity index (χ3n) is 4.71. The van der Waals surface area contributed by atoms with Crippen LogP contribution in [0.2, 0.25) is 0 Å². The SMILES string of the molecule is C=CCn1c(S[C@@H](C)C(=O)Nc2ccnn2[C@@H](C)CC)nnc1-c1ccoc1C. The van der Waals surface area contributed by atoms with Crippen LogP contribution in [0, 0.1) is 6.92 Å². The average Bonchev–Trinajstić information content (AvgIpc) is 3.42. The molecule has 0 fully saturated rings. The Morgan fingerprint density at radius 2 is 2.17 bits per heavy atom. The van der Waals surface area contributed by atoms with Gasteiger partial charge in [0.2, 0.25) is 5.91 Å². The predicted octanol–water partition coefficient (Wildman–Crippen LogP) is 4.32. The van der Waals surface area contributed by atoms with Gasteiger partial charge in [-0.1, -0.05) is 24.8 Å². The molecule has 0 aliphatic carbocycles. The van der Waals surface area contributed by atoms with Gasteiger partial charge in [0.05, 0.1) is 29.3 Å². The van der Waals surface area contributed by atoms with Crippen LogP contribution in [0.3, 0.4) is 0 Å². The van der Waals surface area contributed by atoms with Crippen LogP contribution in [0.5, 0.6) is 0 Å². The van der Waals surface area contributed by atoms with Crippen molar-refractivity contribution in [1.29, 1.82) is 0 Å². The molecular formula is C20H26N6O2S. The topological polar surface area (TPSA) is 90.8 Å². The molecule has 0 saturated carbocycles. The molecule has 1 N–H and O–H groups in total. The van der Waals surface area contributed by atoms with Crippen LogP contribution in [-0.4, -0.2) is 35.7 Å². The second-order valence-corrected chi connectivity index (χ2v) is 8.07. The summed E-state index contributed by atoms with van der Waals surface area (Å²) in [6.07, 6.45) is 6.03. The van der Waals surface area contributed by atoms with Gasteiger partial charge in [-0.25, -0.2) is 4.68 Å². The number of allylic oxidation sites excluding steroid dienone is 1. The summed E-state index contributed by atoms with van der Waals surface area (Å²) in [7, 11) is 0. The summed E-state index contributed by atoms with van der Waals surface area (Å²) in [4.78, 5) is 12.8. The van der Waals surface area contributed by atoms with Crippen molar-refractivity contribution in [2.24, 2.45) is 0 Å². The minimum Gasteiger partial charge on any atom is -0.469 e. The minimum absolute atomic E-state index is 0.116. The number of anilines is 1. The Bertz CT molecular complexity index is 989. The lowest BCUT2D eigenvalue weighted by Crippen LogP contribution is -2.25. The van der Waals surface area contributed by atoms with Crippen LogP contribution in [0.1, 0.15) is 39.0 Å². The van der Waals surface area contributed by atoms with E-state index in [9.17, 15) is 4.79 Å². The smallest absolute Gasteiger partial charge is 0.238 e. The summed E-state index contributed by atoms with van der Waals surface area (Å²) in [6.45, 7) is 12.2. The molecule has 29 heavy (non-hydrogen) atoms. The minimum atomic E-state index is -0.374. The maximum Gasteiger partial charge on any atom is 0.238 e. The van der Waals surface area contributed by atoms with Gasteiger partial charge in [0.1, 0.15) is 11.6 Å². The fraction of sp³-hybridized carbons (Fsp3) is 0.400. The molecule has 0 aliphatic heterocycles. The zero-order chi connectivity index (χ0) is 21.0. The number of aromatic nitrogens is 5. The molecule has 8 nitrogen and oxygen atoms in total. The highest BCUT2D eigenvalue weighted by molar-refractivity contribution is 8.00. The summed E-state index contributed by atoms with van der Waals surface area (Å²) in [5, 5.41) is 16.2. The lowest BCUT2D eigenvalue weighted by Gasteiger charge is -2.16. The van der Waals surface area contributed by atoms with E-state index in [1.54, 1.807) is 24.6 Å².